The zero-order valence-corrected chi connectivity index (χ0v) is 17.0. The van der Waals surface area contributed by atoms with Crippen molar-refractivity contribution in [1.82, 2.24) is 4.98 Å². The van der Waals surface area contributed by atoms with Gasteiger partial charge in [0.15, 0.2) is 0 Å². The first-order valence-electron chi connectivity index (χ1n) is 9.65. The largest absolute Gasteiger partial charge is 0.496 e. The van der Waals surface area contributed by atoms with Crippen LogP contribution in [0.4, 0.5) is 4.39 Å². The maximum absolute atomic E-state index is 14.3. The quantitative estimate of drug-likeness (QED) is 0.409. The number of carboxylic acid groups (broad SMARTS) is 1. The molecular weight excluding hydrogens is 401 g/mol. The second kappa shape index (κ2) is 7.22. The van der Waals surface area contributed by atoms with Crippen molar-refractivity contribution in [3.05, 3.63) is 71.5 Å². The summed E-state index contributed by atoms with van der Waals surface area (Å²) < 4.78 is 20.6. The Balaban J connectivity index is 1.54. The number of carbonyl (C=O) groups is 1. The number of halogens is 1. The molecule has 0 unspecified atom stereocenters. The molecule has 1 heterocycles. The molecule has 1 aromatic heterocycles. The number of benzene rings is 3. The van der Waals surface area contributed by atoms with E-state index in [2.05, 4.69) is 24.3 Å². The zero-order chi connectivity index (χ0) is 20.8. The van der Waals surface area contributed by atoms with Crippen LogP contribution in [-0.4, -0.2) is 23.2 Å². The van der Waals surface area contributed by atoms with Crippen molar-refractivity contribution in [3.63, 3.8) is 0 Å². The molecule has 3 aromatic carbocycles. The number of rotatable bonds is 5. The van der Waals surface area contributed by atoms with Gasteiger partial charge in [-0.25, -0.2) is 14.2 Å². The number of fused-ring (bicyclic) bond motifs is 1. The minimum Gasteiger partial charge on any atom is -0.496 e. The first-order chi connectivity index (χ1) is 14.5. The third-order valence-corrected chi connectivity index (χ3v) is 6.51. The van der Waals surface area contributed by atoms with Crippen LogP contribution >= 0.6 is 11.3 Å². The van der Waals surface area contributed by atoms with Gasteiger partial charge in [-0.3, -0.25) is 0 Å². The fraction of sp³-hybridized carbons (Fsp3) is 0.167. The summed E-state index contributed by atoms with van der Waals surface area (Å²) in [5.74, 6) is -1.10. The van der Waals surface area contributed by atoms with E-state index in [1.54, 1.807) is 11.3 Å². The predicted octanol–water partition coefficient (Wildman–Crippen LogP) is 6.35. The van der Waals surface area contributed by atoms with Crippen LogP contribution in [0.3, 0.4) is 0 Å². The molecule has 1 fully saturated rings. The van der Waals surface area contributed by atoms with Crippen molar-refractivity contribution in [2.45, 2.75) is 18.8 Å². The molecule has 1 aliphatic rings. The minimum atomic E-state index is -1.33. The minimum absolute atomic E-state index is 0.305. The van der Waals surface area contributed by atoms with E-state index < -0.39 is 17.3 Å². The zero-order valence-electron chi connectivity index (χ0n) is 16.2. The highest BCUT2D eigenvalue weighted by Crippen LogP contribution is 2.41. The first-order valence-corrected chi connectivity index (χ1v) is 10.5. The number of aromatic carboxylic acids is 1. The second-order valence-corrected chi connectivity index (χ2v) is 8.47. The average Bonchev–Trinajstić information content (AvgIpc) is 3.51. The van der Waals surface area contributed by atoms with Crippen LogP contribution in [0.25, 0.3) is 31.9 Å². The van der Waals surface area contributed by atoms with Crippen molar-refractivity contribution in [3.8, 4) is 27.4 Å². The number of carboxylic acids is 1. The van der Waals surface area contributed by atoms with E-state index in [1.807, 2.05) is 18.2 Å². The Morgan fingerprint density at radius 2 is 1.83 bits per heavy atom. The first kappa shape index (κ1) is 18.8. The van der Waals surface area contributed by atoms with Crippen LogP contribution in [0, 0.1) is 5.82 Å². The molecule has 4 aromatic rings. The van der Waals surface area contributed by atoms with Gasteiger partial charge in [-0.1, -0.05) is 30.3 Å². The molecular formula is C24H18FNO3S. The lowest BCUT2D eigenvalue weighted by molar-refractivity contribution is 0.0691. The highest BCUT2D eigenvalue weighted by Gasteiger charge is 2.23. The molecule has 5 rings (SSSR count). The molecule has 0 aliphatic heterocycles. The van der Waals surface area contributed by atoms with Gasteiger partial charge in [0.05, 0.1) is 22.9 Å². The molecule has 0 spiro atoms. The third kappa shape index (κ3) is 3.33. The molecule has 0 radical (unpaired) electrons. The number of hydrogen-bond acceptors (Lipinski definition) is 4. The Morgan fingerprint density at radius 1 is 1.10 bits per heavy atom. The molecule has 1 aliphatic carbocycles. The lowest BCUT2D eigenvalue weighted by atomic mass is 10.0. The van der Waals surface area contributed by atoms with Gasteiger partial charge in [0.1, 0.15) is 16.6 Å². The van der Waals surface area contributed by atoms with Crippen LogP contribution in [0.1, 0.15) is 34.7 Å². The van der Waals surface area contributed by atoms with Crippen molar-refractivity contribution in [1.29, 1.82) is 0 Å². The van der Waals surface area contributed by atoms with Crippen LogP contribution in [-0.2, 0) is 0 Å². The maximum Gasteiger partial charge on any atom is 0.338 e. The van der Waals surface area contributed by atoms with Gasteiger partial charge in [0.2, 0.25) is 0 Å². The highest BCUT2D eigenvalue weighted by molar-refractivity contribution is 7.21. The predicted molar refractivity (Wildman–Crippen MR) is 116 cm³/mol. The number of nitrogens with zero attached hydrogens (tertiary/aromatic N) is 1. The summed E-state index contributed by atoms with van der Waals surface area (Å²) in [7, 11) is 1.44. The van der Waals surface area contributed by atoms with Crippen LogP contribution in [0.5, 0.6) is 5.75 Å². The normalized spacial score (nSPS) is 13.5. The van der Waals surface area contributed by atoms with Gasteiger partial charge in [-0.15, -0.1) is 11.3 Å². The molecule has 6 heteroatoms. The summed E-state index contributed by atoms with van der Waals surface area (Å²) in [5.41, 5.74) is 4.07. The van der Waals surface area contributed by atoms with E-state index >= 15 is 0 Å². The number of hydrogen-bond donors (Lipinski definition) is 1. The Bertz CT molecular complexity index is 1280. The van der Waals surface area contributed by atoms with Crippen LogP contribution < -0.4 is 4.74 Å². The van der Waals surface area contributed by atoms with Gasteiger partial charge in [-0.05, 0) is 54.2 Å². The molecule has 4 nitrogen and oxygen atoms in total. The topological polar surface area (TPSA) is 59.4 Å². The monoisotopic (exact) mass is 419 g/mol. The molecule has 1 saturated carbocycles. The van der Waals surface area contributed by atoms with Gasteiger partial charge >= 0.3 is 5.97 Å². The number of methoxy groups -OCH3 is 1. The van der Waals surface area contributed by atoms with Crippen molar-refractivity contribution in [2.24, 2.45) is 0 Å². The Kier molecular flexibility index (Phi) is 4.51. The van der Waals surface area contributed by atoms with Gasteiger partial charge in [0.25, 0.3) is 0 Å². The number of aromatic nitrogens is 1. The van der Waals surface area contributed by atoms with Gasteiger partial charge < -0.3 is 9.84 Å². The van der Waals surface area contributed by atoms with E-state index in [-0.39, 0.29) is 0 Å². The van der Waals surface area contributed by atoms with Gasteiger partial charge in [-0.2, -0.15) is 0 Å². The van der Waals surface area contributed by atoms with Crippen LogP contribution in [0.15, 0.2) is 54.6 Å². The number of ether oxygens (including phenoxy) is 1. The SMILES string of the molecule is COc1cc(C(=O)O)c(F)cc1-c1ccc2sc(-c3ccc(C4CC4)cc3)nc2c1. The fourth-order valence-electron chi connectivity index (χ4n) is 3.64. The molecule has 150 valence electrons. The van der Waals surface area contributed by atoms with E-state index in [0.29, 0.717) is 11.3 Å². The lowest BCUT2D eigenvalue weighted by Gasteiger charge is -2.10. The smallest absolute Gasteiger partial charge is 0.338 e. The fourth-order valence-corrected chi connectivity index (χ4v) is 4.60. The Labute approximate surface area is 176 Å². The molecule has 0 atom stereocenters. The summed E-state index contributed by atoms with van der Waals surface area (Å²) in [4.78, 5) is 16.0. The summed E-state index contributed by atoms with van der Waals surface area (Å²) in [6.07, 6.45) is 2.56. The maximum atomic E-state index is 14.3. The number of thiazole rings is 1. The van der Waals surface area contributed by atoms with Crippen molar-refractivity contribution >= 4 is 27.5 Å². The summed E-state index contributed by atoms with van der Waals surface area (Å²) in [6, 6.07) is 16.7. The highest BCUT2D eigenvalue weighted by atomic mass is 32.1. The van der Waals surface area contributed by atoms with Gasteiger partial charge in [0, 0.05) is 11.1 Å². The average molecular weight is 419 g/mol. The van der Waals surface area contributed by atoms with E-state index in [0.717, 1.165) is 32.3 Å². The summed E-state index contributed by atoms with van der Waals surface area (Å²) in [5, 5.41) is 10.1. The second-order valence-electron chi connectivity index (χ2n) is 7.44. The third-order valence-electron chi connectivity index (χ3n) is 5.42. The van der Waals surface area contributed by atoms with E-state index in [1.165, 1.54) is 37.6 Å². The standard InChI is InChI=1S/C24H18FNO3S/c1-29-21-12-18(24(27)28)19(25)11-17(21)16-8-9-22-20(10-16)26-23(30-22)15-6-4-14(5-7-15)13-2-3-13/h4-13H,2-3H2,1H3,(H,27,28). The lowest BCUT2D eigenvalue weighted by Crippen LogP contribution is -2.02. The summed E-state index contributed by atoms with van der Waals surface area (Å²) in [6.45, 7) is 0. The molecule has 1 N–H and O–H groups in total. The molecule has 30 heavy (non-hydrogen) atoms. The summed E-state index contributed by atoms with van der Waals surface area (Å²) >= 11 is 1.61. The van der Waals surface area contributed by atoms with Crippen molar-refractivity contribution in [2.75, 3.05) is 7.11 Å². The van der Waals surface area contributed by atoms with E-state index in [4.69, 9.17) is 14.8 Å². The molecule has 0 saturated heterocycles. The Morgan fingerprint density at radius 3 is 2.50 bits per heavy atom. The molecule has 0 bridgehead atoms. The van der Waals surface area contributed by atoms with Crippen molar-refractivity contribution < 1.29 is 19.0 Å². The molecule has 0 amide bonds. The van der Waals surface area contributed by atoms with E-state index in [9.17, 15) is 9.18 Å². The van der Waals surface area contributed by atoms with Crippen LogP contribution in [0.2, 0.25) is 0 Å². The Hall–Kier alpha value is -3.25.